The quantitative estimate of drug-likeness (QED) is 0.890. The van der Waals surface area contributed by atoms with Crippen molar-refractivity contribution in [1.29, 1.82) is 0 Å². The Labute approximate surface area is 136 Å². The van der Waals surface area contributed by atoms with Crippen LogP contribution in [-0.2, 0) is 11.3 Å². The minimum absolute atomic E-state index is 0.156. The van der Waals surface area contributed by atoms with Gasteiger partial charge in [-0.15, -0.1) is 0 Å². The first kappa shape index (κ1) is 16.0. The predicted molar refractivity (Wildman–Crippen MR) is 89.5 cm³/mol. The fraction of sp³-hybridized carbons (Fsp3) is 0.500. The molecule has 1 unspecified atom stereocenters. The highest BCUT2D eigenvalue weighted by molar-refractivity contribution is 5.99. The third kappa shape index (κ3) is 3.26. The molecule has 5 heteroatoms. The molecule has 2 heterocycles. The van der Waals surface area contributed by atoms with Crippen molar-refractivity contribution in [3.63, 3.8) is 0 Å². The molecular weight excluding hydrogens is 292 g/mol. The summed E-state index contributed by atoms with van der Waals surface area (Å²) in [6.07, 6.45) is 2.34. The molecule has 1 aliphatic heterocycles. The molecule has 1 aliphatic rings. The third-order valence-corrected chi connectivity index (χ3v) is 4.60. The average Bonchev–Trinajstić information content (AvgIpc) is 3.17. The number of hydrogen-bond donors (Lipinski definition) is 1. The number of benzene rings is 1. The SMILES string of the molecule is CCN1CCCC1CNC(=O)c1oc2ccccc2c1COC. The van der Waals surface area contributed by atoms with E-state index in [2.05, 4.69) is 17.1 Å². The van der Waals surface area contributed by atoms with Crippen LogP contribution in [0.3, 0.4) is 0 Å². The Kier molecular flexibility index (Phi) is 4.98. The maximum absolute atomic E-state index is 12.6. The van der Waals surface area contributed by atoms with E-state index in [1.807, 2.05) is 24.3 Å². The number of para-hydroxylation sites is 1. The van der Waals surface area contributed by atoms with Gasteiger partial charge in [-0.05, 0) is 32.0 Å². The summed E-state index contributed by atoms with van der Waals surface area (Å²) in [6.45, 7) is 5.34. The van der Waals surface area contributed by atoms with E-state index in [4.69, 9.17) is 9.15 Å². The molecule has 0 radical (unpaired) electrons. The molecule has 0 saturated carbocycles. The van der Waals surface area contributed by atoms with Gasteiger partial charge in [0.15, 0.2) is 5.76 Å². The summed E-state index contributed by atoms with van der Waals surface area (Å²) in [5, 5.41) is 3.98. The molecule has 1 aromatic heterocycles. The fourth-order valence-electron chi connectivity index (χ4n) is 3.40. The van der Waals surface area contributed by atoms with E-state index in [9.17, 15) is 4.79 Å². The normalized spacial score (nSPS) is 18.6. The lowest BCUT2D eigenvalue weighted by molar-refractivity contribution is 0.0909. The molecule has 0 spiro atoms. The molecule has 5 nitrogen and oxygen atoms in total. The second kappa shape index (κ2) is 7.15. The van der Waals surface area contributed by atoms with E-state index in [1.54, 1.807) is 7.11 Å². The zero-order chi connectivity index (χ0) is 16.2. The van der Waals surface area contributed by atoms with Gasteiger partial charge >= 0.3 is 0 Å². The van der Waals surface area contributed by atoms with Gasteiger partial charge in [-0.1, -0.05) is 25.1 Å². The lowest BCUT2D eigenvalue weighted by Gasteiger charge is -2.22. The Morgan fingerprint density at radius 3 is 3.04 bits per heavy atom. The summed E-state index contributed by atoms with van der Waals surface area (Å²) < 4.78 is 11.0. The standard InChI is InChI=1S/C18H24N2O3/c1-3-20-10-6-7-13(20)11-19-18(21)17-15(12-22-2)14-8-4-5-9-16(14)23-17/h4-5,8-9,13H,3,6-7,10-12H2,1-2H3,(H,19,21). The van der Waals surface area contributed by atoms with Crippen molar-refractivity contribution in [2.45, 2.75) is 32.4 Å². The molecule has 1 amide bonds. The Bertz CT molecular complexity index is 680. The first-order valence-electron chi connectivity index (χ1n) is 8.26. The summed E-state index contributed by atoms with van der Waals surface area (Å²) >= 11 is 0. The Hall–Kier alpha value is -1.85. The van der Waals surface area contributed by atoms with Crippen LogP contribution < -0.4 is 5.32 Å². The van der Waals surface area contributed by atoms with E-state index in [0.717, 1.165) is 36.0 Å². The molecular formula is C18H24N2O3. The Morgan fingerprint density at radius 2 is 2.26 bits per heavy atom. The highest BCUT2D eigenvalue weighted by Crippen LogP contribution is 2.26. The number of likely N-dealkylation sites (tertiary alicyclic amines) is 1. The van der Waals surface area contributed by atoms with Crippen LogP contribution in [0.5, 0.6) is 0 Å². The van der Waals surface area contributed by atoms with Crippen molar-refractivity contribution in [3.8, 4) is 0 Å². The number of methoxy groups -OCH3 is 1. The van der Waals surface area contributed by atoms with Crippen LogP contribution in [0, 0.1) is 0 Å². The predicted octanol–water partition coefficient (Wildman–Crippen LogP) is 2.79. The molecule has 1 N–H and O–H groups in total. The molecule has 1 fully saturated rings. The summed E-state index contributed by atoms with van der Waals surface area (Å²) in [4.78, 5) is 15.0. The molecule has 3 rings (SSSR count). The molecule has 1 saturated heterocycles. The van der Waals surface area contributed by atoms with E-state index in [-0.39, 0.29) is 5.91 Å². The summed E-state index contributed by atoms with van der Waals surface area (Å²) in [5.74, 6) is 0.213. The van der Waals surface area contributed by atoms with Crippen molar-refractivity contribution >= 4 is 16.9 Å². The van der Waals surface area contributed by atoms with Crippen molar-refractivity contribution in [2.75, 3.05) is 26.7 Å². The highest BCUT2D eigenvalue weighted by Gasteiger charge is 2.25. The van der Waals surface area contributed by atoms with Gasteiger partial charge in [0, 0.05) is 30.6 Å². The molecule has 1 aromatic carbocycles. The number of hydrogen-bond acceptors (Lipinski definition) is 4. The van der Waals surface area contributed by atoms with Crippen LogP contribution in [0.2, 0.25) is 0 Å². The van der Waals surface area contributed by atoms with Gasteiger partial charge in [-0.3, -0.25) is 9.69 Å². The smallest absolute Gasteiger partial charge is 0.287 e. The van der Waals surface area contributed by atoms with Gasteiger partial charge in [0.05, 0.1) is 6.61 Å². The third-order valence-electron chi connectivity index (χ3n) is 4.60. The number of carbonyl (C=O) groups is 1. The second-order valence-electron chi connectivity index (χ2n) is 5.97. The van der Waals surface area contributed by atoms with Gasteiger partial charge in [-0.25, -0.2) is 0 Å². The second-order valence-corrected chi connectivity index (χ2v) is 5.97. The summed E-state index contributed by atoms with van der Waals surface area (Å²) in [5.41, 5.74) is 1.54. The first-order chi connectivity index (χ1) is 11.2. The van der Waals surface area contributed by atoms with E-state index in [1.165, 1.54) is 6.42 Å². The number of amides is 1. The van der Waals surface area contributed by atoms with Crippen LogP contribution in [0.15, 0.2) is 28.7 Å². The zero-order valence-corrected chi connectivity index (χ0v) is 13.8. The Morgan fingerprint density at radius 1 is 1.43 bits per heavy atom. The molecule has 0 aliphatic carbocycles. The van der Waals surface area contributed by atoms with Crippen molar-refractivity contribution in [3.05, 3.63) is 35.6 Å². The highest BCUT2D eigenvalue weighted by atomic mass is 16.5. The number of nitrogens with one attached hydrogen (secondary N) is 1. The maximum Gasteiger partial charge on any atom is 0.287 e. The van der Waals surface area contributed by atoms with Crippen molar-refractivity contribution < 1.29 is 13.9 Å². The van der Waals surface area contributed by atoms with Gasteiger partial charge in [0.2, 0.25) is 0 Å². The zero-order valence-electron chi connectivity index (χ0n) is 13.8. The number of likely N-dealkylation sites (N-methyl/N-ethyl adjacent to an activating group) is 1. The summed E-state index contributed by atoms with van der Waals surface area (Å²) in [7, 11) is 1.63. The van der Waals surface area contributed by atoms with Crippen LogP contribution in [0.1, 0.15) is 35.9 Å². The number of carbonyl (C=O) groups excluding carboxylic acids is 1. The summed E-state index contributed by atoms with van der Waals surface area (Å²) in [6, 6.07) is 8.11. The molecule has 0 bridgehead atoms. The van der Waals surface area contributed by atoms with Crippen LogP contribution in [-0.4, -0.2) is 43.6 Å². The molecule has 1 atom stereocenters. The van der Waals surface area contributed by atoms with E-state index >= 15 is 0 Å². The van der Waals surface area contributed by atoms with E-state index in [0.29, 0.717) is 25.0 Å². The monoisotopic (exact) mass is 316 g/mol. The van der Waals surface area contributed by atoms with Crippen LogP contribution >= 0.6 is 0 Å². The van der Waals surface area contributed by atoms with Crippen LogP contribution in [0.25, 0.3) is 11.0 Å². The van der Waals surface area contributed by atoms with Gasteiger partial charge in [-0.2, -0.15) is 0 Å². The average molecular weight is 316 g/mol. The van der Waals surface area contributed by atoms with Gasteiger partial charge in [0.1, 0.15) is 5.58 Å². The lowest BCUT2D eigenvalue weighted by atomic mass is 10.1. The lowest BCUT2D eigenvalue weighted by Crippen LogP contribution is -2.40. The molecule has 124 valence electrons. The Balaban J connectivity index is 1.76. The van der Waals surface area contributed by atoms with Gasteiger partial charge < -0.3 is 14.5 Å². The minimum Gasteiger partial charge on any atom is -0.451 e. The number of nitrogens with zero attached hydrogens (tertiary/aromatic N) is 1. The number of furan rings is 1. The number of rotatable bonds is 6. The van der Waals surface area contributed by atoms with E-state index < -0.39 is 0 Å². The molecule has 23 heavy (non-hydrogen) atoms. The maximum atomic E-state index is 12.6. The van der Waals surface area contributed by atoms with Gasteiger partial charge in [0.25, 0.3) is 5.91 Å². The van der Waals surface area contributed by atoms with Crippen LogP contribution in [0.4, 0.5) is 0 Å². The largest absolute Gasteiger partial charge is 0.451 e. The minimum atomic E-state index is -0.156. The van der Waals surface area contributed by atoms with Crippen molar-refractivity contribution in [1.82, 2.24) is 10.2 Å². The first-order valence-corrected chi connectivity index (χ1v) is 8.26. The number of ether oxygens (including phenoxy) is 1. The number of fused-ring (bicyclic) bond motifs is 1. The fourth-order valence-corrected chi connectivity index (χ4v) is 3.40. The topological polar surface area (TPSA) is 54.7 Å². The molecule has 2 aromatic rings. The van der Waals surface area contributed by atoms with Crippen molar-refractivity contribution in [2.24, 2.45) is 0 Å².